The molecule has 0 unspecified atom stereocenters. The summed E-state index contributed by atoms with van der Waals surface area (Å²) in [5.41, 5.74) is 1.32. The molecule has 0 radical (unpaired) electrons. The molecule has 0 N–H and O–H groups in total. The van der Waals surface area contributed by atoms with Gasteiger partial charge in [0.15, 0.2) is 5.78 Å². The Balaban J connectivity index is 2.22. The summed E-state index contributed by atoms with van der Waals surface area (Å²) in [5, 5.41) is 0. The van der Waals surface area contributed by atoms with Crippen LogP contribution in [0.2, 0.25) is 0 Å². The first kappa shape index (κ1) is 12.8. The molecule has 1 aromatic rings. The molecule has 0 bridgehead atoms. The van der Waals surface area contributed by atoms with Crippen molar-refractivity contribution in [1.29, 1.82) is 0 Å². The summed E-state index contributed by atoms with van der Waals surface area (Å²) in [5.74, 6) is 0.170. The third kappa shape index (κ3) is 2.61. The first-order chi connectivity index (χ1) is 8.59. The summed E-state index contributed by atoms with van der Waals surface area (Å²) < 4.78 is 5.46. The van der Waals surface area contributed by atoms with E-state index in [1.54, 1.807) is 12.1 Å². The predicted molar refractivity (Wildman–Crippen MR) is 68.8 cm³/mol. The fourth-order valence-electron chi connectivity index (χ4n) is 2.41. The van der Waals surface area contributed by atoms with Crippen molar-refractivity contribution in [3.8, 4) is 5.75 Å². The molecule has 1 aromatic carbocycles. The molecule has 0 spiro atoms. The number of ether oxygens (including phenoxy) is 1. The number of hydrogen-bond donors (Lipinski definition) is 0. The number of esters is 1. The second-order valence-corrected chi connectivity index (χ2v) is 4.91. The van der Waals surface area contributed by atoms with E-state index in [9.17, 15) is 9.59 Å². The van der Waals surface area contributed by atoms with E-state index in [1.807, 2.05) is 13.0 Å². The van der Waals surface area contributed by atoms with Gasteiger partial charge in [0.05, 0.1) is 11.5 Å². The number of rotatable bonds is 3. The van der Waals surface area contributed by atoms with E-state index >= 15 is 0 Å². The summed E-state index contributed by atoms with van der Waals surface area (Å²) in [4.78, 5) is 23.5. The van der Waals surface area contributed by atoms with Crippen LogP contribution in [0, 0.1) is 12.8 Å². The minimum Gasteiger partial charge on any atom is -0.425 e. The average Bonchev–Trinajstić information content (AvgIpc) is 2.85. The normalized spacial score (nSPS) is 15.7. The third-order valence-corrected chi connectivity index (χ3v) is 3.48. The van der Waals surface area contributed by atoms with E-state index in [4.69, 9.17) is 4.74 Å². The van der Waals surface area contributed by atoms with Gasteiger partial charge in [-0.2, -0.15) is 0 Å². The molecule has 3 nitrogen and oxygen atoms in total. The zero-order valence-corrected chi connectivity index (χ0v) is 10.9. The van der Waals surface area contributed by atoms with Crippen LogP contribution >= 0.6 is 0 Å². The Kier molecular flexibility index (Phi) is 3.80. The average molecular weight is 246 g/mol. The summed E-state index contributed by atoms with van der Waals surface area (Å²) in [7, 11) is 0. The summed E-state index contributed by atoms with van der Waals surface area (Å²) >= 11 is 0. The van der Waals surface area contributed by atoms with Crippen molar-refractivity contribution in [3.63, 3.8) is 0 Å². The lowest BCUT2D eigenvalue weighted by molar-refractivity contribution is -0.138. The number of ketones is 1. The monoisotopic (exact) mass is 246 g/mol. The number of benzene rings is 1. The van der Waals surface area contributed by atoms with Crippen LogP contribution in [0.25, 0.3) is 0 Å². The van der Waals surface area contributed by atoms with Crippen molar-refractivity contribution >= 4 is 11.8 Å². The molecule has 1 fully saturated rings. The van der Waals surface area contributed by atoms with E-state index < -0.39 is 0 Å². The van der Waals surface area contributed by atoms with Gasteiger partial charge in [0.2, 0.25) is 0 Å². The van der Waals surface area contributed by atoms with Crippen LogP contribution in [0.5, 0.6) is 5.75 Å². The largest absolute Gasteiger partial charge is 0.425 e. The molecule has 1 saturated carbocycles. The molecular weight excluding hydrogens is 228 g/mol. The van der Waals surface area contributed by atoms with Gasteiger partial charge in [-0.1, -0.05) is 25.0 Å². The van der Waals surface area contributed by atoms with Crippen LogP contribution < -0.4 is 4.74 Å². The number of Topliss-reactive ketones (excluding diaryl/α,β-unsaturated/α-hetero) is 1. The second-order valence-electron chi connectivity index (χ2n) is 4.91. The second kappa shape index (κ2) is 5.34. The zero-order valence-electron chi connectivity index (χ0n) is 10.9. The van der Waals surface area contributed by atoms with Crippen LogP contribution in [0.3, 0.4) is 0 Å². The van der Waals surface area contributed by atoms with Crippen LogP contribution in [0.1, 0.15) is 48.5 Å². The molecule has 0 aliphatic heterocycles. The molecule has 0 amide bonds. The van der Waals surface area contributed by atoms with Gasteiger partial charge < -0.3 is 4.74 Å². The highest BCUT2D eigenvalue weighted by Gasteiger charge is 2.26. The Hall–Kier alpha value is -1.64. The molecule has 1 aliphatic rings. The van der Waals surface area contributed by atoms with Crippen LogP contribution in [0.4, 0.5) is 0 Å². The Bertz CT molecular complexity index is 471. The van der Waals surface area contributed by atoms with Gasteiger partial charge in [-0.15, -0.1) is 0 Å². The minimum absolute atomic E-state index is 0.00409. The Morgan fingerprint density at radius 2 is 1.89 bits per heavy atom. The Morgan fingerprint density at radius 1 is 1.22 bits per heavy atom. The maximum absolute atomic E-state index is 12.0. The molecule has 0 atom stereocenters. The van der Waals surface area contributed by atoms with Crippen molar-refractivity contribution in [2.45, 2.75) is 39.5 Å². The van der Waals surface area contributed by atoms with Crippen molar-refractivity contribution < 1.29 is 14.3 Å². The van der Waals surface area contributed by atoms with Gasteiger partial charge in [-0.05, 0) is 38.3 Å². The maximum Gasteiger partial charge on any atom is 0.314 e. The predicted octanol–water partition coefficient (Wildman–Crippen LogP) is 3.29. The number of carbonyl (C=O) groups is 2. The van der Waals surface area contributed by atoms with Gasteiger partial charge in [0.1, 0.15) is 5.75 Å². The Labute approximate surface area is 107 Å². The molecule has 1 aliphatic carbocycles. The number of para-hydroxylation sites is 1. The number of carbonyl (C=O) groups excluding carboxylic acids is 2. The molecule has 0 saturated heterocycles. The third-order valence-electron chi connectivity index (χ3n) is 3.48. The first-order valence-electron chi connectivity index (χ1n) is 6.42. The maximum atomic E-state index is 12.0. The van der Waals surface area contributed by atoms with Crippen LogP contribution in [-0.2, 0) is 4.79 Å². The van der Waals surface area contributed by atoms with Crippen LogP contribution in [0.15, 0.2) is 18.2 Å². The highest BCUT2D eigenvalue weighted by molar-refractivity contribution is 5.98. The highest BCUT2D eigenvalue weighted by Crippen LogP contribution is 2.29. The molecular formula is C15H18O3. The highest BCUT2D eigenvalue weighted by atomic mass is 16.5. The summed E-state index contributed by atoms with van der Waals surface area (Å²) in [6, 6.07) is 5.36. The van der Waals surface area contributed by atoms with Crippen molar-refractivity contribution in [1.82, 2.24) is 0 Å². The van der Waals surface area contributed by atoms with Gasteiger partial charge in [-0.25, -0.2) is 0 Å². The minimum atomic E-state index is -0.190. The lowest BCUT2D eigenvalue weighted by atomic mass is 10.1. The van der Waals surface area contributed by atoms with E-state index in [0.717, 1.165) is 31.2 Å². The fraction of sp³-hybridized carbons (Fsp3) is 0.467. The lowest BCUT2D eigenvalue weighted by Gasteiger charge is -2.13. The number of aryl methyl sites for hydroxylation is 1. The lowest BCUT2D eigenvalue weighted by Crippen LogP contribution is -2.19. The molecule has 0 heterocycles. The summed E-state index contributed by atoms with van der Waals surface area (Å²) in [6.07, 6.45) is 3.99. The topological polar surface area (TPSA) is 43.4 Å². The first-order valence-corrected chi connectivity index (χ1v) is 6.42. The van der Waals surface area contributed by atoms with E-state index in [-0.39, 0.29) is 17.7 Å². The van der Waals surface area contributed by atoms with Crippen molar-refractivity contribution in [2.24, 2.45) is 5.92 Å². The molecule has 0 aromatic heterocycles. The molecule has 2 rings (SSSR count). The van der Waals surface area contributed by atoms with E-state index in [0.29, 0.717) is 11.3 Å². The van der Waals surface area contributed by atoms with E-state index in [2.05, 4.69) is 0 Å². The van der Waals surface area contributed by atoms with E-state index in [1.165, 1.54) is 6.92 Å². The standard InChI is InChI=1S/C15H18O3/c1-10-6-5-9-13(11(2)16)14(10)18-15(17)12-7-3-4-8-12/h5-6,9,12H,3-4,7-8H2,1-2H3. The fourth-order valence-corrected chi connectivity index (χ4v) is 2.41. The number of hydrogen-bond acceptors (Lipinski definition) is 3. The smallest absolute Gasteiger partial charge is 0.314 e. The van der Waals surface area contributed by atoms with Gasteiger partial charge in [-0.3, -0.25) is 9.59 Å². The molecule has 3 heteroatoms. The van der Waals surface area contributed by atoms with Gasteiger partial charge in [0.25, 0.3) is 0 Å². The van der Waals surface area contributed by atoms with Gasteiger partial charge >= 0.3 is 5.97 Å². The quantitative estimate of drug-likeness (QED) is 0.467. The van der Waals surface area contributed by atoms with Crippen molar-refractivity contribution in [2.75, 3.05) is 0 Å². The van der Waals surface area contributed by atoms with Crippen LogP contribution in [-0.4, -0.2) is 11.8 Å². The van der Waals surface area contributed by atoms with Crippen molar-refractivity contribution in [3.05, 3.63) is 29.3 Å². The summed E-state index contributed by atoms with van der Waals surface area (Å²) in [6.45, 7) is 3.34. The molecule has 96 valence electrons. The Morgan fingerprint density at radius 3 is 2.50 bits per heavy atom. The zero-order chi connectivity index (χ0) is 13.1. The molecule has 18 heavy (non-hydrogen) atoms. The van der Waals surface area contributed by atoms with Gasteiger partial charge in [0, 0.05) is 0 Å². The SMILES string of the molecule is CC(=O)c1cccc(C)c1OC(=O)C1CCCC1.